The number of hydrogen-bond donors (Lipinski definition) is 0. The molecule has 1 heteroatoms. The van der Waals surface area contributed by atoms with Crippen LogP contribution in [0.5, 0.6) is 0 Å². The van der Waals surface area contributed by atoms with Gasteiger partial charge in [0.15, 0.2) is 5.78 Å². The summed E-state index contributed by atoms with van der Waals surface area (Å²) in [5, 5.41) is 0. The standard InChI is InChI=1S/C22H34O/c1-4-5-6-7-8-17-9-10-19-18(15-17)13-14-22(3)20(16(2)23)11-12-21(19)22/h9,11,18-19,21H,4-8,10,12-15H2,1-3H3/t18?,19?,21?,22-/m1/s1. The fraction of sp³-hybridized carbons (Fsp3) is 0.773. The van der Waals surface area contributed by atoms with Gasteiger partial charge in [0, 0.05) is 0 Å². The number of carbonyl (C=O) groups is 1. The van der Waals surface area contributed by atoms with Crippen molar-refractivity contribution in [2.45, 2.75) is 85.0 Å². The van der Waals surface area contributed by atoms with Crippen molar-refractivity contribution in [2.75, 3.05) is 0 Å². The molecule has 0 bridgehead atoms. The van der Waals surface area contributed by atoms with E-state index in [2.05, 4.69) is 26.0 Å². The molecule has 128 valence electrons. The number of fused-ring (bicyclic) bond motifs is 3. The Kier molecular flexibility index (Phi) is 5.13. The van der Waals surface area contributed by atoms with Crippen molar-refractivity contribution in [3.05, 3.63) is 23.3 Å². The minimum absolute atomic E-state index is 0.180. The van der Waals surface area contributed by atoms with Crippen LogP contribution < -0.4 is 0 Å². The third kappa shape index (κ3) is 3.21. The molecular formula is C22H34O. The zero-order valence-corrected chi connectivity index (χ0v) is 15.4. The Morgan fingerprint density at radius 3 is 2.78 bits per heavy atom. The molecule has 3 rings (SSSR count). The first-order chi connectivity index (χ1) is 11.1. The highest BCUT2D eigenvalue weighted by Gasteiger charge is 2.51. The Morgan fingerprint density at radius 2 is 2.04 bits per heavy atom. The monoisotopic (exact) mass is 314 g/mol. The van der Waals surface area contributed by atoms with Gasteiger partial charge in [0.25, 0.3) is 0 Å². The number of rotatable bonds is 6. The van der Waals surface area contributed by atoms with Crippen molar-refractivity contribution in [3.63, 3.8) is 0 Å². The number of carbonyl (C=O) groups excluding carboxylic acids is 1. The topological polar surface area (TPSA) is 17.1 Å². The lowest BCUT2D eigenvalue weighted by Gasteiger charge is -2.49. The molecule has 0 aromatic rings. The van der Waals surface area contributed by atoms with E-state index in [-0.39, 0.29) is 5.41 Å². The molecule has 0 amide bonds. The lowest BCUT2D eigenvalue weighted by atomic mass is 9.55. The van der Waals surface area contributed by atoms with E-state index < -0.39 is 0 Å². The summed E-state index contributed by atoms with van der Waals surface area (Å²) < 4.78 is 0. The van der Waals surface area contributed by atoms with E-state index in [1.54, 1.807) is 12.5 Å². The number of ketones is 1. The van der Waals surface area contributed by atoms with Gasteiger partial charge in [-0.25, -0.2) is 0 Å². The molecule has 4 atom stereocenters. The second-order valence-electron chi connectivity index (χ2n) is 8.51. The fourth-order valence-corrected chi connectivity index (χ4v) is 5.79. The number of unbranched alkanes of at least 4 members (excludes halogenated alkanes) is 3. The lowest BCUT2D eigenvalue weighted by Crippen LogP contribution is -2.42. The van der Waals surface area contributed by atoms with Crippen LogP contribution in [0, 0.1) is 23.2 Å². The van der Waals surface area contributed by atoms with Gasteiger partial charge in [-0.1, -0.05) is 50.8 Å². The third-order valence-corrected chi connectivity index (χ3v) is 7.10. The Hall–Kier alpha value is -0.850. The van der Waals surface area contributed by atoms with E-state index in [1.165, 1.54) is 57.8 Å². The summed E-state index contributed by atoms with van der Waals surface area (Å²) >= 11 is 0. The minimum Gasteiger partial charge on any atom is -0.295 e. The number of Topliss-reactive ketones (excluding diaryl/α,β-unsaturated/α-hetero) is 1. The van der Waals surface area contributed by atoms with Crippen LogP contribution in [0.2, 0.25) is 0 Å². The summed E-state index contributed by atoms with van der Waals surface area (Å²) in [6.07, 6.45) is 18.0. The quantitative estimate of drug-likeness (QED) is 0.418. The van der Waals surface area contributed by atoms with Gasteiger partial charge in [0.1, 0.15) is 0 Å². The Bertz CT molecular complexity index is 512. The second kappa shape index (κ2) is 6.95. The zero-order chi connectivity index (χ0) is 16.4. The summed E-state index contributed by atoms with van der Waals surface area (Å²) in [5.41, 5.74) is 3.07. The minimum atomic E-state index is 0.180. The van der Waals surface area contributed by atoms with Gasteiger partial charge >= 0.3 is 0 Å². The molecule has 3 aliphatic carbocycles. The lowest BCUT2D eigenvalue weighted by molar-refractivity contribution is -0.115. The molecule has 3 unspecified atom stereocenters. The molecule has 0 aliphatic heterocycles. The normalized spacial score (nSPS) is 36.0. The van der Waals surface area contributed by atoms with Crippen molar-refractivity contribution in [2.24, 2.45) is 23.2 Å². The van der Waals surface area contributed by atoms with Gasteiger partial charge in [-0.3, -0.25) is 4.79 Å². The Morgan fingerprint density at radius 1 is 1.22 bits per heavy atom. The molecular weight excluding hydrogens is 280 g/mol. The highest BCUT2D eigenvalue weighted by molar-refractivity contribution is 5.95. The van der Waals surface area contributed by atoms with Crippen LogP contribution in [0.4, 0.5) is 0 Å². The molecule has 0 heterocycles. The van der Waals surface area contributed by atoms with E-state index in [0.717, 1.165) is 29.7 Å². The average Bonchev–Trinajstić information content (AvgIpc) is 2.89. The Labute approximate surface area is 142 Å². The molecule has 0 saturated heterocycles. The van der Waals surface area contributed by atoms with E-state index in [1.807, 2.05) is 0 Å². The molecule has 0 N–H and O–H groups in total. The Balaban J connectivity index is 1.63. The molecule has 0 radical (unpaired) electrons. The van der Waals surface area contributed by atoms with Crippen molar-refractivity contribution in [3.8, 4) is 0 Å². The van der Waals surface area contributed by atoms with Gasteiger partial charge in [0.05, 0.1) is 0 Å². The maximum atomic E-state index is 12.0. The molecule has 1 nitrogen and oxygen atoms in total. The van der Waals surface area contributed by atoms with E-state index in [0.29, 0.717) is 5.78 Å². The number of allylic oxidation sites excluding steroid dienone is 4. The van der Waals surface area contributed by atoms with Crippen LogP contribution in [0.1, 0.15) is 85.0 Å². The molecule has 0 aromatic heterocycles. The molecule has 3 aliphatic rings. The molecule has 0 spiro atoms. The van der Waals surface area contributed by atoms with Crippen molar-refractivity contribution in [1.29, 1.82) is 0 Å². The second-order valence-corrected chi connectivity index (χ2v) is 8.51. The van der Waals surface area contributed by atoms with Crippen LogP contribution in [0.15, 0.2) is 23.3 Å². The summed E-state index contributed by atoms with van der Waals surface area (Å²) in [4.78, 5) is 12.0. The maximum absolute atomic E-state index is 12.0. The first kappa shape index (κ1) is 17.0. The van der Waals surface area contributed by atoms with Gasteiger partial charge < -0.3 is 0 Å². The SMILES string of the molecule is CCCCCCC1=CCC2C(CC[C@]3(C)C(C(C)=O)=CCC23)C1. The zero-order valence-electron chi connectivity index (χ0n) is 15.4. The molecule has 23 heavy (non-hydrogen) atoms. The number of hydrogen-bond acceptors (Lipinski definition) is 1. The van der Waals surface area contributed by atoms with Crippen molar-refractivity contribution in [1.82, 2.24) is 0 Å². The van der Waals surface area contributed by atoms with Gasteiger partial charge in [-0.2, -0.15) is 0 Å². The van der Waals surface area contributed by atoms with Crippen LogP contribution in [-0.4, -0.2) is 5.78 Å². The summed E-state index contributed by atoms with van der Waals surface area (Å²) in [6.45, 7) is 6.42. The fourth-order valence-electron chi connectivity index (χ4n) is 5.79. The predicted octanol–water partition coefficient (Wildman–Crippen LogP) is 6.24. The molecule has 1 fully saturated rings. The van der Waals surface area contributed by atoms with Crippen molar-refractivity contribution < 1.29 is 4.79 Å². The van der Waals surface area contributed by atoms with Gasteiger partial charge in [-0.05, 0) is 80.6 Å². The van der Waals surface area contributed by atoms with Crippen LogP contribution in [-0.2, 0) is 4.79 Å². The largest absolute Gasteiger partial charge is 0.295 e. The summed E-state index contributed by atoms with van der Waals surface area (Å²) in [7, 11) is 0. The summed E-state index contributed by atoms with van der Waals surface area (Å²) in [6, 6.07) is 0. The van der Waals surface area contributed by atoms with Gasteiger partial charge in [0.2, 0.25) is 0 Å². The molecule has 1 saturated carbocycles. The van der Waals surface area contributed by atoms with Gasteiger partial charge in [-0.15, -0.1) is 0 Å². The summed E-state index contributed by atoms with van der Waals surface area (Å²) in [5.74, 6) is 2.75. The first-order valence-electron chi connectivity index (χ1n) is 9.95. The predicted molar refractivity (Wildman–Crippen MR) is 97.3 cm³/mol. The smallest absolute Gasteiger partial charge is 0.156 e. The van der Waals surface area contributed by atoms with Crippen LogP contribution in [0.25, 0.3) is 0 Å². The van der Waals surface area contributed by atoms with E-state index >= 15 is 0 Å². The highest BCUT2D eigenvalue weighted by atomic mass is 16.1. The average molecular weight is 315 g/mol. The van der Waals surface area contributed by atoms with Crippen LogP contribution in [0.3, 0.4) is 0 Å². The van der Waals surface area contributed by atoms with E-state index in [9.17, 15) is 4.79 Å². The third-order valence-electron chi connectivity index (χ3n) is 7.10. The van der Waals surface area contributed by atoms with E-state index in [4.69, 9.17) is 0 Å². The molecule has 0 aromatic carbocycles. The first-order valence-corrected chi connectivity index (χ1v) is 9.95. The maximum Gasteiger partial charge on any atom is 0.156 e. The van der Waals surface area contributed by atoms with Crippen molar-refractivity contribution >= 4 is 5.78 Å². The van der Waals surface area contributed by atoms with Crippen LogP contribution >= 0.6 is 0 Å². The highest BCUT2D eigenvalue weighted by Crippen LogP contribution is 2.59.